The summed E-state index contributed by atoms with van der Waals surface area (Å²) in [6.07, 6.45) is 0.171. The maximum Gasteiger partial charge on any atom is 0.390 e. The maximum atomic E-state index is 11.7. The molecule has 4 heteroatoms. The van der Waals surface area contributed by atoms with Crippen LogP contribution in [0.2, 0.25) is 0 Å². The Hall–Kier alpha value is -2.49. The molecule has 0 heterocycles. The zero-order chi connectivity index (χ0) is 16.2. The fraction of sp³-hybridized carbons (Fsp3) is 0.278. The molecule has 2 rings (SSSR count). The molecule has 2 aromatic carbocycles. The maximum absolute atomic E-state index is 11.7. The van der Waals surface area contributed by atoms with Crippen LogP contribution in [0.5, 0.6) is 11.5 Å². The molecule has 4 nitrogen and oxygen atoms in total. The van der Waals surface area contributed by atoms with E-state index in [9.17, 15) is 9.90 Å². The lowest BCUT2D eigenvalue weighted by Gasteiger charge is -2.29. The van der Waals surface area contributed by atoms with Gasteiger partial charge in [-0.15, -0.1) is 0 Å². The Balaban J connectivity index is 2.28. The molecule has 0 saturated carbocycles. The number of rotatable bonds is 6. The van der Waals surface area contributed by atoms with Crippen LogP contribution in [-0.2, 0) is 4.79 Å². The minimum Gasteiger partial charge on any atom is -0.475 e. The number of carboxylic acid groups (broad SMARTS) is 1. The predicted octanol–water partition coefficient (Wildman–Crippen LogP) is 3.95. The van der Waals surface area contributed by atoms with Gasteiger partial charge in [0.15, 0.2) is 0 Å². The van der Waals surface area contributed by atoms with Crippen molar-refractivity contribution in [2.24, 2.45) is 0 Å². The first-order valence-corrected chi connectivity index (χ1v) is 7.20. The van der Waals surface area contributed by atoms with Gasteiger partial charge < -0.3 is 14.6 Å². The lowest BCUT2D eigenvalue weighted by molar-refractivity contribution is -0.186. The van der Waals surface area contributed by atoms with Crippen LogP contribution in [-0.4, -0.2) is 16.9 Å². The third kappa shape index (κ3) is 3.58. The molecule has 0 radical (unpaired) electrons. The van der Waals surface area contributed by atoms with E-state index in [4.69, 9.17) is 9.47 Å². The molecule has 0 aliphatic heterocycles. The Labute approximate surface area is 130 Å². The summed E-state index contributed by atoms with van der Waals surface area (Å²) < 4.78 is 11.4. The van der Waals surface area contributed by atoms with Gasteiger partial charge in [-0.2, -0.15) is 0 Å². The van der Waals surface area contributed by atoms with E-state index in [1.54, 1.807) is 31.2 Å². The van der Waals surface area contributed by atoms with E-state index in [-0.39, 0.29) is 6.42 Å². The Morgan fingerprint density at radius 1 is 0.909 bits per heavy atom. The van der Waals surface area contributed by atoms with Crippen molar-refractivity contribution < 1.29 is 19.4 Å². The molecule has 22 heavy (non-hydrogen) atoms. The highest BCUT2D eigenvalue weighted by Gasteiger charge is 2.42. The second-order valence-electron chi connectivity index (χ2n) is 5.24. The Morgan fingerprint density at radius 2 is 1.27 bits per heavy atom. The third-order valence-corrected chi connectivity index (χ3v) is 3.40. The van der Waals surface area contributed by atoms with Gasteiger partial charge in [-0.05, 0) is 38.1 Å². The molecular weight excluding hydrogens is 280 g/mol. The number of carbonyl (C=O) groups is 1. The summed E-state index contributed by atoms with van der Waals surface area (Å²) >= 11 is 0. The number of hydrogen-bond acceptors (Lipinski definition) is 3. The molecule has 0 spiro atoms. The lowest BCUT2D eigenvalue weighted by Crippen LogP contribution is -2.49. The van der Waals surface area contributed by atoms with Crippen molar-refractivity contribution in [2.75, 3.05) is 0 Å². The Morgan fingerprint density at radius 3 is 1.55 bits per heavy atom. The molecule has 2 aromatic rings. The number of aryl methyl sites for hydroxylation is 2. The molecule has 0 amide bonds. The van der Waals surface area contributed by atoms with Crippen molar-refractivity contribution in [2.45, 2.75) is 33.0 Å². The van der Waals surface area contributed by atoms with Crippen LogP contribution < -0.4 is 9.47 Å². The highest BCUT2D eigenvalue weighted by molar-refractivity contribution is 5.76. The molecule has 0 atom stereocenters. The second kappa shape index (κ2) is 6.52. The van der Waals surface area contributed by atoms with Gasteiger partial charge in [-0.25, -0.2) is 4.79 Å². The van der Waals surface area contributed by atoms with Gasteiger partial charge in [-0.1, -0.05) is 42.3 Å². The van der Waals surface area contributed by atoms with E-state index in [0.29, 0.717) is 11.5 Å². The van der Waals surface area contributed by atoms with Crippen molar-refractivity contribution in [3.8, 4) is 11.5 Å². The SMILES string of the molecule is CCC(Oc1ccc(C)cc1)(Oc1ccc(C)cc1)C(=O)O. The monoisotopic (exact) mass is 300 g/mol. The lowest BCUT2D eigenvalue weighted by atomic mass is 10.2. The van der Waals surface area contributed by atoms with Crippen LogP contribution in [0.15, 0.2) is 48.5 Å². The van der Waals surface area contributed by atoms with Crippen LogP contribution in [0.1, 0.15) is 24.5 Å². The van der Waals surface area contributed by atoms with E-state index >= 15 is 0 Å². The van der Waals surface area contributed by atoms with Crippen molar-refractivity contribution in [1.29, 1.82) is 0 Å². The van der Waals surface area contributed by atoms with Crippen LogP contribution in [0.4, 0.5) is 0 Å². The quantitative estimate of drug-likeness (QED) is 0.821. The summed E-state index contributed by atoms with van der Waals surface area (Å²) in [5.41, 5.74) is 2.15. The zero-order valence-corrected chi connectivity index (χ0v) is 13.0. The van der Waals surface area contributed by atoms with Crippen molar-refractivity contribution in [1.82, 2.24) is 0 Å². The molecule has 0 aromatic heterocycles. The number of aliphatic carboxylic acids is 1. The predicted molar refractivity (Wildman–Crippen MR) is 84.3 cm³/mol. The van der Waals surface area contributed by atoms with Gasteiger partial charge in [-0.3, -0.25) is 0 Å². The third-order valence-electron chi connectivity index (χ3n) is 3.40. The van der Waals surface area contributed by atoms with Gasteiger partial charge in [0.1, 0.15) is 11.5 Å². The molecule has 0 bridgehead atoms. The molecular formula is C18H20O4. The molecule has 116 valence electrons. The van der Waals surface area contributed by atoms with Gasteiger partial charge >= 0.3 is 11.8 Å². The first kappa shape index (κ1) is 15.9. The summed E-state index contributed by atoms with van der Waals surface area (Å²) in [5, 5.41) is 9.61. The fourth-order valence-corrected chi connectivity index (χ4v) is 2.00. The van der Waals surface area contributed by atoms with Crippen LogP contribution in [0, 0.1) is 13.8 Å². The highest BCUT2D eigenvalue weighted by Crippen LogP contribution is 2.26. The summed E-state index contributed by atoms with van der Waals surface area (Å²) in [7, 11) is 0. The smallest absolute Gasteiger partial charge is 0.390 e. The van der Waals surface area contributed by atoms with E-state index in [2.05, 4.69) is 0 Å². The average molecular weight is 300 g/mol. The standard InChI is InChI=1S/C18H20O4/c1-4-18(17(19)20,21-15-9-5-13(2)6-10-15)22-16-11-7-14(3)8-12-16/h5-12H,4H2,1-3H3,(H,19,20). The molecule has 0 aliphatic carbocycles. The summed E-state index contributed by atoms with van der Waals surface area (Å²) in [6.45, 7) is 5.63. The van der Waals surface area contributed by atoms with Crippen LogP contribution in [0.25, 0.3) is 0 Å². The number of carboxylic acids is 1. The van der Waals surface area contributed by atoms with Crippen LogP contribution >= 0.6 is 0 Å². The van der Waals surface area contributed by atoms with Gasteiger partial charge in [0.2, 0.25) is 0 Å². The second-order valence-corrected chi connectivity index (χ2v) is 5.24. The molecule has 0 unspecified atom stereocenters. The highest BCUT2D eigenvalue weighted by atomic mass is 16.7. The van der Waals surface area contributed by atoms with Crippen LogP contribution in [0.3, 0.4) is 0 Å². The largest absolute Gasteiger partial charge is 0.475 e. The van der Waals surface area contributed by atoms with Gasteiger partial charge in [0, 0.05) is 6.42 Å². The Kier molecular flexibility index (Phi) is 4.71. The molecule has 1 N–H and O–H groups in total. The minimum absolute atomic E-state index is 0.171. The Bertz CT molecular complexity index is 582. The van der Waals surface area contributed by atoms with E-state index in [1.165, 1.54) is 0 Å². The summed E-state index contributed by atoms with van der Waals surface area (Å²) in [6, 6.07) is 14.4. The first-order valence-electron chi connectivity index (χ1n) is 7.20. The first-order chi connectivity index (χ1) is 10.4. The molecule has 0 saturated heterocycles. The fourth-order valence-electron chi connectivity index (χ4n) is 2.00. The van der Waals surface area contributed by atoms with E-state index in [1.807, 2.05) is 38.1 Å². The number of hydrogen-bond donors (Lipinski definition) is 1. The minimum atomic E-state index is -1.75. The van der Waals surface area contributed by atoms with E-state index < -0.39 is 11.8 Å². The van der Waals surface area contributed by atoms with E-state index in [0.717, 1.165) is 11.1 Å². The van der Waals surface area contributed by atoms with Gasteiger partial charge in [0.25, 0.3) is 0 Å². The normalized spacial score (nSPS) is 11.0. The molecule has 0 aliphatic rings. The topological polar surface area (TPSA) is 55.8 Å². The summed E-state index contributed by atoms with van der Waals surface area (Å²) in [4.78, 5) is 11.7. The van der Waals surface area contributed by atoms with Crippen molar-refractivity contribution in [3.63, 3.8) is 0 Å². The summed E-state index contributed by atoms with van der Waals surface area (Å²) in [5.74, 6) is -1.98. The average Bonchev–Trinajstić information content (AvgIpc) is 2.50. The number of benzene rings is 2. The van der Waals surface area contributed by atoms with Crippen molar-refractivity contribution >= 4 is 5.97 Å². The zero-order valence-electron chi connectivity index (χ0n) is 13.0. The van der Waals surface area contributed by atoms with Crippen molar-refractivity contribution in [3.05, 3.63) is 59.7 Å². The molecule has 0 fully saturated rings. The van der Waals surface area contributed by atoms with Gasteiger partial charge in [0.05, 0.1) is 0 Å². The number of ether oxygens (including phenoxy) is 2.